The van der Waals surface area contributed by atoms with Gasteiger partial charge in [0.25, 0.3) is 0 Å². The van der Waals surface area contributed by atoms with E-state index in [-0.39, 0.29) is 42.2 Å². The second-order valence-electron chi connectivity index (χ2n) is 16.8. The summed E-state index contributed by atoms with van der Waals surface area (Å²) in [7, 11) is 0. The summed E-state index contributed by atoms with van der Waals surface area (Å²) in [6, 6.07) is 2.99. The third-order valence-corrected chi connectivity index (χ3v) is 13.2. The van der Waals surface area contributed by atoms with Gasteiger partial charge in [-0.3, -0.25) is 29.4 Å². The molecule has 9 rings (SSSR count). The molecule has 0 radical (unpaired) electrons. The number of amides is 1. The van der Waals surface area contributed by atoms with Crippen molar-refractivity contribution in [3.8, 4) is 5.75 Å². The van der Waals surface area contributed by atoms with Crippen LogP contribution in [0.5, 0.6) is 5.75 Å². The van der Waals surface area contributed by atoms with E-state index in [1.165, 1.54) is 6.07 Å². The van der Waals surface area contributed by atoms with E-state index in [2.05, 4.69) is 28.3 Å². The standard InChI is InChI=1S/C43H49N5O11/c1-3-31-27-6-10-45-30(27)19-48(31)38-39-25(14-28-33(50)13-23(2)57-40(28)38)15-36(42(58-39)9-4-5-24(17-42)26-16-37(53)46-18-26)59-56-21-35(52)43(55,41(54)34(51)20-49)22-47-12-8-29-32(47)7-11-44-29/h4-8,10-14,24,26,32,34-36,41,49,51-52,54-55H,3,9,15-22H2,1-2H3,(H,46,53)/p+2/t24-,26-,32?,34-,35+,36-,41-,42+,43-/m1/s1. The van der Waals surface area contributed by atoms with Gasteiger partial charge in [0.05, 0.1) is 23.8 Å². The molecular weight excluding hydrogens is 762 g/mol. The molecule has 2 aromatic rings. The van der Waals surface area contributed by atoms with E-state index in [1.807, 2.05) is 18.2 Å². The smallest absolute Gasteiger partial charge is 0.222 e. The lowest BCUT2D eigenvalue weighted by Gasteiger charge is -2.47. The largest absolute Gasteiger partial charge is 0.477 e. The Morgan fingerprint density at radius 3 is 2.75 bits per heavy atom. The number of hydrogen-bond acceptors (Lipinski definition) is 13. The van der Waals surface area contributed by atoms with Crippen LogP contribution in [-0.2, 0) is 21.0 Å². The zero-order chi connectivity index (χ0) is 41.2. The fraction of sp³-hybridized carbons (Fsp3) is 0.488. The quantitative estimate of drug-likeness (QED) is 0.0690. The van der Waals surface area contributed by atoms with Crippen molar-refractivity contribution in [1.29, 1.82) is 0 Å². The van der Waals surface area contributed by atoms with Gasteiger partial charge in [-0.2, -0.15) is 0 Å². The second kappa shape index (κ2) is 15.4. The lowest BCUT2D eigenvalue weighted by Crippen LogP contribution is -3.13. The van der Waals surface area contributed by atoms with Gasteiger partial charge < -0.3 is 40.0 Å². The minimum absolute atomic E-state index is 0.0119. The lowest BCUT2D eigenvalue weighted by molar-refractivity contribution is -0.861. The monoisotopic (exact) mass is 813 g/mol. The summed E-state index contributed by atoms with van der Waals surface area (Å²) in [6.45, 7) is 3.14. The van der Waals surface area contributed by atoms with Crippen molar-refractivity contribution in [3.63, 3.8) is 0 Å². The van der Waals surface area contributed by atoms with Gasteiger partial charge in [0.15, 0.2) is 22.8 Å². The molecule has 1 aromatic heterocycles. The summed E-state index contributed by atoms with van der Waals surface area (Å²) in [5, 5.41) is 58.2. The molecule has 7 heterocycles. The van der Waals surface area contributed by atoms with Gasteiger partial charge in [-0.05, 0) is 43.4 Å². The van der Waals surface area contributed by atoms with E-state index in [9.17, 15) is 35.1 Å². The van der Waals surface area contributed by atoms with Crippen LogP contribution in [-0.4, -0.2) is 117 Å². The minimum Gasteiger partial charge on any atom is -0.477 e. The van der Waals surface area contributed by atoms with Crippen LogP contribution in [0.15, 0.2) is 91.6 Å². The molecule has 16 heteroatoms. The van der Waals surface area contributed by atoms with Gasteiger partial charge >= 0.3 is 0 Å². The number of aliphatic imine (C=N–C) groups is 2. The number of hydrogen-bond donors (Lipinski definition) is 8. The van der Waals surface area contributed by atoms with E-state index < -0.39 is 48.8 Å². The molecule has 0 saturated carbocycles. The number of quaternary nitrogens is 2. The summed E-state index contributed by atoms with van der Waals surface area (Å²) in [5.74, 6) is 0.985. The molecule has 6 aliphatic heterocycles. The van der Waals surface area contributed by atoms with E-state index in [1.54, 1.807) is 37.7 Å². The molecule has 59 heavy (non-hydrogen) atoms. The number of aryl methyl sites for hydroxylation is 1. The normalized spacial score (nSPS) is 31.5. The number of nitrogens with zero attached hydrogens (tertiary/aromatic N) is 2. The Balaban J connectivity index is 1.07. The average Bonchev–Trinajstić information content (AvgIpc) is 4.07. The molecule has 1 spiro atoms. The van der Waals surface area contributed by atoms with Crippen LogP contribution in [0.3, 0.4) is 0 Å². The molecule has 3 unspecified atom stereocenters. The number of fused-ring (bicyclic) bond motifs is 4. The zero-order valence-corrected chi connectivity index (χ0v) is 33.0. The molecule has 0 bridgehead atoms. The van der Waals surface area contributed by atoms with Crippen LogP contribution in [0.25, 0.3) is 11.0 Å². The number of rotatable bonds is 13. The van der Waals surface area contributed by atoms with Gasteiger partial charge in [-0.25, -0.2) is 9.78 Å². The highest BCUT2D eigenvalue weighted by Gasteiger charge is 2.54. The molecule has 7 aliphatic rings. The topological polar surface area (TPSA) is 222 Å². The Bertz CT molecular complexity index is 2330. The van der Waals surface area contributed by atoms with Gasteiger partial charge in [0, 0.05) is 62.3 Å². The highest BCUT2D eigenvalue weighted by molar-refractivity contribution is 6.08. The first-order chi connectivity index (χ1) is 28.4. The van der Waals surface area contributed by atoms with Crippen LogP contribution in [0.1, 0.15) is 43.9 Å². The molecule has 11 atom stereocenters. The molecule has 1 saturated heterocycles. The third-order valence-electron chi connectivity index (χ3n) is 13.2. The van der Waals surface area contributed by atoms with E-state index in [4.69, 9.17) is 18.9 Å². The minimum atomic E-state index is -2.37. The van der Waals surface area contributed by atoms with Crippen LogP contribution < -0.4 is 25.3 Å². The fourth-order valence-electron chi connectivity index (χ4n) is 10.0. The maximum Gasteiger partial charge on any atom is 0.222 e. The number of carbonyl (C=O) groups excluding carboxylic acids is 1. The summed E-state index contributed by atoms with van der Waals surface area (Å²) in [5.41, 5.74) is 2.07. The molecule has 16 nitrogen and oxygen atoms in total. The van der Waals surface area contributed by atoms with Crippen LogP contribution in [0, 0.1) is 18.8 Å². The number of nitrogens with one attached hydrogen (secondary N) is 3. The number of carbonyl (C=O) groups is 1. The first-order valence-corrected chi connectivity index (χ1v) is 20.4. The second-order valence-corrected chi connectivity index (χ2v) is 16.8. The van der Waals surface area contributed by atoms with Gasteiger partial charge in [-0.15, -0.1) is 0 Å². The fourth-order valence-corrected chi connectivity index (χ4v) is 10.0. The van der Waals surface area contributed by atoms with Crippen molar-refractivity contribution < 1.29 is 59.1 Å². The summed E-state index contributed by atoms with van der Waals surface area (Å²) >= 11 is 0. The summed E-state index contributed by atoms with van der Waals surface area (Å²) < 4.78 is 13.7. The number of aliphatic hydroxyl groups excluding tert-OH is 4. The Hall–Kier alpha value is -4.62. The van der Waals surface area contributed by atoms with Crippen molar-refractivity contribution in [2.75, 3.05) is 32.8 Å². The predicted octanol–water partition coefficient (Wildman–Crippen LogP) is -1.09. The van der Waals surface area contributed by atoms with Crippen molar-refractivity contribution in [1.82, 2.24) is 5.32 Å². The van der Waals surface area contributed by atoms with E-state index in [0.717, 1.165) is 27.6 Å². The maximum atomic E-state index is 13.7. The van der Waals surface area contributed by atoms with Crippen molar-refractivity contribution >= 4 is 34.0 Å². The molecular formula is C43H51N5O11+2. The van der Waals surface area contributed by atoms with Crippen LogP contribution in [0.2, 0.25) is 0 Å². The summed E-state index contributed by atoms with van der Waals surface area (Å²) in [4.78, 5) is 48.7. The van der Waals surface area contributed by atoms with Gasteiger partial charge in [0.2, 0.25) is 17.2 Å². The Labute approximate surface area is 339 Å². The van der Waals surface area contributed by atoms with Gasteiger partial charge in [-0.1, -0.05) is 19.1 Å². The molecule has 1 amide bonds. The SMILES string of the molecule is CCC1=C2C=CN=C2C[NH+]1c1c2c(cc3c(=O)cc(C)oc13)C[C@@H](OOC[C@H](O)[C@](O)(C[NH+]1C=CC3=NC=CC31)[C@H](O)[C@H](O)CO)[C@@]1(CC=C[C@@H]([C@H]3CNC(=O)C3)C1)O2. The summed E-state index contributed by atoms with van der Waals surface area (Å²) in [6.07, 6.45) is 10.8. The first kappa shape index (κ1) is 39.8. The lowest BCUT2D eigenvalue weighted by atomic mass is 9.71. The van der Waals surface area contributed by atoms with Crippen molar-refractivity contribution in [2.24, 2.45) is 21.8 Å². The van der Waals surface area contributed by atoms with Crippen molar-refractivity contribution in [3.05, 3.63) is 93.9 Å². The maximum absolute atomic E-state index is 13.7. The van der Waals surface area contributed by atoms with Gasteiger partial charge in [0.1, 0.15) is 72.6 Å². The molecule has 1 fully saturated rings. The third kappa shape index (κ3) is 6.85. The van der Waals surface area contributed by atoms with Crippen LogP contribution in [0.4, 0.5) is 5.69 Å². The number of allylic oxidation sites excluding steroid dienone is 3. The number of ether oxygens (including phenoxy) is 1. The highest BCUT2D eigenvalue weighted by atomic mass is 17.2. The molecule has 1 aromatic carbocycles. The Kier molecular flexibility index (Phi) is 10.4. The molecule has 312 valence electrons. The Morgan fingerprint density at radius 2 is 1.97 bits per heavy atom. The van der Waals surface area contributed by atoms with E-state index >= 15 is 0 Å². The predicted molar refractivity (Wildman–Crippen MR) is 213 cm³/mol. The molecule has 8 N–H and O–H groups in total. The molecule has 1 aliphatic carbocycles. The number of benzene rings is 1. The Morgan fingerprint density at radius 1 is 1.12 bits per heavy atom. The zero-order valence-electron chi connectivity index (χ0n) is 33.0. The van der Waals surface area contributed by atoms with E-state index in [0.29, 0.717) is 77.4 Å². The van der Waals surface area contributed by atoms with Crippen molar-refractivity contribution in [2.45, 2.75) is 87.6 Å². The number of aliphatic hydroxyl groups is 5. The average molecular weight is 814 g/mol. The highest BCUT2D eigenvalue weighted by Crippen LogP contribution is 2.49. The van der Waals surface area contributed by atoms with Crippen LogP contribution >= 0.6 is 0 Å². The first-order valence-electron chi connectivity index (χ1n) is 20.4.